The minimum Gasteiger partial charge on any atom is -0.351 e. The van der Waals surface area contributed by atoms with Crippen LogP contribution in [0.1, 0.15) is 22.7 Å². The van der Waals surface area contributed by atoms with Crippen LogP contribution in [0.5, 0.6) is 0 Å². The third kappa shape index (κ3) is 3.57. The van der Waals surface area contributed by atoms with E-state index in [9.17, 15) is 4.79 Å². The van der Waals surface area contributed by atoms with Crippen LogP contribution in [0.15, 0.2) is 60.8 Å². The molecule has 1 amide bonds. The second-order valence-corrected chi connectivity index (χ2v) is 6.26. The second kappa shape index (κ2) is 7.41. The summed E-state index contributed by atoms with van der Waals surface area (Å²) in [5.41, 5.74) is 3.24. The summed E-state index contributed by atoms with van der Waals surface area (Å²) >= 11 is 0. The molecule has 0 saturated carbocycles. The van der Waals surface area contributed by atoms with Gasteiger partial charge >= 0.3 is 0 Å². The topological polar surface area (TPSA) is 77.6 Å². The number of amides is 1. The maximum atomic E-state index is 12.3. The summed E-state index contributed by atoms with van der Waals surface area (Å²) in [7, 11) is 0. The normalized spacial score (nSPS) is 11.0. The lowest BCUT2D eigenvalue weighted by molar-refractivity contribution is 0.0947. The number of carbonyl (C=O) groups is 1. The molecule has 27 heavy (non-hydrogen) atoms. The van der Waals surface area contributed by atoms with Crippen LogP contribution in [0.3, 0.4) is 0 Å². The highest BCUT2D eigenvalue weighted by molar-refractivity contribution is 5.91. The van der Waals surface area contributed by atoms with E-state index in [0.717, 1.165) is 35.5 Å². The molecule has 0 aliphatic carbocycles. The van der Waals surface area contributed by atoms with Crippen LogP contribution in [-0.4, -0.2) is 37.0 Å². The van der Waals surface area contributed by atoms with Gasteiger partial charge in [-0.15, -0.1) is 5.10 Å². The fraction of sp³-hybridized carbons (Fsp3) is 0.200. The summed E-state index contributed by atoms with van der Waals surface area (Å²) in [6.45, 7) is 3.35. The summed E-state index contributed by atoms with van der Waals surface area (Å²) in [6.07, 6.45) is 2.29. The number of aromatic nitrogens is 5. The van der Waals surface area contributed by atoms with Crippen LogP contribution in [0.4, 0.5) is 0 Å². The number of nitrogens with zero attached hydrogens (tertiary/aromatic N) is 5. The van der Waals surface area contributed by atoms with Crippen molar-refractivity contribution in [1.82, 2.24) is 29.9 Å². The molecule has 0 aliphatic rings. The molecule has 0 atom stereocenters. The van der Waals surface area contributed by atoms with Crippen molar-refractivity contribution in [2.45, 2.75) is 19.9 Å². The molecule has 2 aromatic heterocycles. The van der Waals surface area contributed by atoms with Crippen LogP contribution in [0.2, 0.25) is 0 Å². The van der Waals surface area contributed by atoms with Gasteiger partial charge in [-0.25, -0.2) is 4.98 Å². The zero-order valence-corrected chi connectivity index (χ0v) is 15.0. The molecule has 0 radical (unpaired) electrons. The number of hydrogen-bond donors (Lipinski definition) is 1. The molecule has 0 saturated heterocycles. The molecule has 0 unspecified atom stereocenters. The number of fused-ring (bicyclic) bond motifs is 1. The number of rotatable bonds is 6. The van der Waals surface area contributed by atoms with Gasteiger partial charge in [0.1, 0.15) is 5.82 Å². The first kappa shape index (κ1) is 17.0. The number of nitrogens with one attached hydrogen (secondary N) is 1. The summed E-state index contributed by atoms with van der Waals surface area (Å²) in [5.74, 6) is 0.762. The Morgan fingerprint density at radius 1 is 1.07 bits per heavy atom. The van der Waals surface area contributed by atoms with Gasteiger partial charge in [0.25, 0.3) is 5.91 Å². The largest absolute Gasteiger partial charge is 0.351 e. The fourth-order valence-corrected chi connectivity index (χ4v) is 3.06. The van der Waals surface area contributed by atoms with Crippen molar-refractivity contribution in [2.75, 3.05) is 6.54 Å². The Balaban J connectivity index is 1.33. The molecule has 0 bridgehead atoms. The van der Waals surface area contributed by atoms with Gasteiger partial charge in [-0.3, -0.25) is 4.79 Å². The lowest BCUT2D eigenvalue weighted by atomic mass is 10.3. The van der Waals surface area contributed by atoms with Crippen molar-refractivity contribution >= 4 is 16.9 Å². The number of benzene rings is 2. The first-order valence-electron chi connectivity index (χ1n) is 8.90. The van der Waals surface area contributed by atoms with E-state index in [1.807, 2.05) is 55.5 Å². The van der Waals surface area contributed by atoms with Gasteiger partial charge in [-0.1, -0.05) is 30.3 Å². The third-order valence-electron chi connectivity index (χ3n) is 4.40. The summed E-state index contributed by atoms with van der Waals surface area (Å²) in [4.78, 5) is 18.3. The average molecular weight is 360 g/mol. The van der Waals surface area contributed by atoms with Crippen molar-refractivity contribution in [2.24, 2.45) is 0 Å². The highest BCUT2D eigenvalue weighted by Gasteiger charge is 2.11. The van der Waals surface area contributed by atoms with Gasteiger partial charge in [-0.05, 0) is 37.6 Å². The Labute approximate surface area is 156 Å². The van der Waals surface area contributed by atoms with Gasteiger partial charge < -0.3 is 9.88 Å². The van der Waals surface area contributed by atoms with Crippen molar-refractivity contribution in [1.29, 1.82) is 0 Å². The molecule has 2 heterocycles. The molecule has 0 aliphatic heterocycles. The number of aryl methyl sites for hydroxylation is 2. The van der Waals surface area contributed by atoms with Gasteiger partial charge in [0.15, 0.2) is 5.69 Å². The lowest BCUT2D eigenvalue weighted by Crippen LogP contribution is -2.26. The molecule has 7 nitrogen and oxygen atoms in total. The standard InChI is InChI=1S/C20H20N6O/c1-15-23-17-10-5-6-11-19(17)25(15)13-7-12-21-20(27)18-14-22-26(24-18)16-8-3-2-4-9-16/h2-6,8-11,14H,7,12-13H2,1H3,(H,21,27). The van der Waals surface area contributed by atoms with E-state index in [0.29, 0.717) is 12.2 Å². The van der Waals surface area contributed by atoms with E-state index in [2.05, 4.69) is 31.1 Å². The van der Waals surface area contributed by atoms with Crippen LogP contribution in [0, 0.1) is 6.92 Å². The molecule has 136 valence electrons. The highest BCUT2D eigenvalue weighted by atomic mass is 16.2. The molecule has 1 N–H and O–H groups in total. The molecular formula is C20H20N6O. The number of imidazole rings is 1. The predicted octanol–water partition coefficient (Wildman–Crippen LogP) is 2.75. The second-order valence-electron chi connectivity index (χ2n) is 6.26. The third-order valence-corrected chi connectivity index (χ3v) is 4.40. The molecular weight excluding hydrogens is 340 g/mol. The monoisotopic (exact) mass is 360 g/mol. The maximum absolute atomic E-state index is 12.3. The van der Waals surface area contributed by atoms with Gasteiger partial charge in [0, 0.05) is 13.1 Å². The molecule has 7 heteroatoms. The van der Waals surface area contributed by atoms with Gasteiger partial charge in [0.2, 0.25) is 0 Å². The highest BCUT2D eigenvalue weighted by Crippen LogP contribution is 2.15. The predicted molar refractivity (Wildman–Crippen MR) is 103 cm³/mol. The van der Waals surface area contributed by atoms with Crippen LogP contribution in [0.25, 0.3) is 16.7 Å². The molecule has 4 rings (SSSR count). The first-order chi connectivity index (χ1) is 13.2. The minimum atomic E-state index is -0.218. The minimum absolute atomic E-state index is 0.218. The maximum Gasteiger partial charge on any atom is 0.273 e. The van der Waals surface area contributed by atoms with E-state index in [4.69, 9.17) is 0 Å². The number of carbonyl (C=O) groups excluding carboxylic acids is 1. The molecule has 2 aromatic carbocycles. The van der Waals surface area contributed by atoms with E-state index < -0.39 is 0 Å². The van der Waals surface area contributed by atoms with Crippen molar-refractivity contribution in [3.05, 3.63) is 72.3 Å². The number of hydrogen-bond acceptors (Lipinski definition) is 4. The summed E-state index contributed by atoms with van der Waals surface area (Å²) in [5, 5.41) is 11.3. The zero-order valence-electron chi connectivity index (χ0n) is 15.0. The molecule has 0 spiro atoms. The van der Waals surface area contributed by atoms with Crippen molar-refractivity contribution in [3.63, 3.8) is 0 Å². The van der Waals surface area contributed by atoms with Crippen LogP contribution < -0.4 is 5.32 Å². The van der Waals surface area contributed by atoms with Crippen molar-refractivity contribution in [3.8, 4) is 5.69 Å². The van der Waals surface area contributed by atoms with Crippen LogP contribution in [-0.2, 0) is 6.54 Å². The SMILES string of the molecule is Cc1nc2ccccc2n1CCCNC(=O)c1cnn(-c2ccccc2)n1. The van der Waals surface area contributed by atoms with E-state index >= 15 is 0 Å². The lowest BCUT2D eigenvalue weighted by Gasteiger charge is -2.07. The van der Waals surface area contributed by atoms with Gasteiger partial charge in [0.05, 0.1) is 22.9 Å². The van der Waals surface area contributed by atoms with E-state index in [1.54, 1.807) is 0 Å². The Morgan fingerprint density at radius 3 is 2.70 bits per heavy atom. The van der Waals surface area contributed by atoms with E-state index in [1.165, 1.54) is 11.0 Å². The molecule has 0 fully saturated rings. The molecule has 4 aromatic rings. The Bertz CT molecular complexity index is 1070. The summed E-state index contributed by atoms with van der Waals surface area (Å²) in [6, 6.07) is 17.6. The zero-order chi connectivity index (χ0) is 18.6. The Morgan fingerprint density at radius 2 is 1.85 bits per heavy atom. The van der Waals surface area contributed by atoms with Crippen molar-refractivity contribution < 1.29 is 4.79 Å². The first-order valence-corrected chi connectivity index (χ1v) is 8.90. The number of para-hydroxylation sites is 3. The smallest absolute Gasteiger partial charge is 0.273 e. The fourth-order valence-electron chi connectivity index (χ4n) is 3.06. The van der Waals surface area contributed by atoms with Crippen LogP contribution >= 0.6 is 0 Å². The summed E-state index contributed by atoms with van der Waals surface area (Å²) < 4.78 is 2.17. The quantitative estimate of drug-likeness (QED) is 0.536. The average Bonchev–Trinajstić information content (AvgIpc) is 3.31. The Kier molecular flexibility index (Phi) is 4.65. The van der Waals surface area contributed by atoms with Gasteiger partial charge in [-0.2, -0.15) is 9.90 Å². The van der Waals surface area contributed by atoms with E-state index in [-0.39, 0.29) is 5.91 Å². The Hall–Kier alpha value is -3.48.